The van der Waals surface area contributed by atoms with Gasteiger partial charge in [0.1, 0.15) is 0 Å². The van der Waals surface area contributed by atoms with Crippen LogP contribution in [0.5, 0.6) is 0 Å². The van der Waals surface area contributed by atoms with Crippen molar-refractivity contribution < 1.29 is 4.79 Å². The molecule has 5 heteroatoms. The van der Waals surface area contributed by atoms with Crippen LogP contribution >= 0.6 is 39.3 Å². The highest BCUT2D eigenvalue weighted by Crippen LogP contribution is 2.23. The lowest BCUT2D eigenvalue weighted by Gasteiger charge is -2.10. The van der Waals surface area contributed by atoms with Crippen LogP contribution in [0, 0.1) is 5.92 Å². The molecular weight excluding hydrogens is 322 g/mol. The van der Waals surface area contributed by atoms with Gasteiger partial charge in [-0.1, -0.05) is 27.5 Å². The van der Waals surface area contributed by atoms with Crippen LogP contribution in [0.2, 0.25) is 5.02 Å². The molecule has 0 aliphatic carbocycles. The normalized spacial score (nSPS) is 19.3. The molecule has 0 radical (unpaired) electrons. The second-order valence-corrected chi connectivity index (χ2v) is 6.60. The number of nitrogens with one attached hydrogen (secondary N) is 1. The molecule has 0 aromatic heterocycles. The smallest absolute Gasteiger partial charge is 0.251 e. The number of hydrogen-bond acceptors (Lipinski definition) is 2. The van der Waals surface area contributed by atoms with Crippen molar-refractivity contribution in [2.75, 3.05) is 18.1 Å². The van der Waals surface area contributed by atoms with E-state index in [9.17, 15) is 4.79 Å². The minimum atomic E-state index is -0.0508. The van der Waals surface area contributed by atoms with Gasteiger partial charge in [0.25, 0.3) is 5.91 Å². The van der Waals surface area contributed by atoms with Crippen molar-refractivity contribution >= 4 is 45.2 Å². The molecule has 1 heterocycles. The average Bonchev–Trinajstić information content (AvgIpc) is 2.77. The zero-order valence-electron chi connectivity index (χ0n) is 9.21. The first kappa shape index (κ1) is 13.2. The van der Waals surface area contributed by atoms with Crippen molar-refractivity contribution in [1.29, 1.82) is 0 Å². The largest absolute Gasteiger partial charge is 0.352 e. The third-order valence-electron chi connectivity index (χ3n) is 2.70. The van der Waals surface area contributed by atoms with Crippen LogP contribution in [0.15, 0.2) is 22.7 Å². The minimum Gasteiger partial charge on any atom is -0.352 e. The van der Waals surface area contributed by atoms with Crippen LogP contribution in [0.25, 0.3) is 0 Å². The standard InChI is InChI=1S/C12H13BrClNOS/c13-10-3-9(4-11(14)5-10)12(16)15-6-8-1-2-17-7-8/h3-5,8H,1-2,6-7H2,(H,15,16). The predicted molar refractivity (Wildman–Crippen MR) is 76.9 cm³/mol. The fourth-order valence-electron chi connectivity index (χ4n) is 1.77. The Morgan fingerprint density at radius 2 is 2.35 bits per heavy atom. The van der Waals surface area contributed by atoms with Crippen molar-refractivity contribution in [1.82, 2.24) is 5.32 Å². The monoisotopic (exact) mass is 333 g/mol. The number of halogens is 2. The first-order valence-electron chi connectivity index (χ1n) is 5.47. The van der Waals surface area contributed by atoms with E-state index < -0.39 is 0 Å². The fraction of sp³-hybridized carbons (Fsp3) is 0.417. The number of benzene rings is 1. The summed E-state index contributed by atoms with van der Waals surface area (Å²) in [6.07, 6.45) is 1.20. The van der Waals surface area contributed by atoms with Gasteiger partial charge in [-0.3, -0.25) is 4.79 Å². The van der Waals surface area contributed by atoms with Crippen molar-refractivity contribution in [3.8, 4) is 0 Å². The van der Waals surface area contributed by atoms with Gasteiger partial charge in [0, 0.05) is 21.6 Å². The Balaban J connectivity index is 1.94. The summed E-state index contributed by atoms with van der Waals surface area (Å²) in [5.74, 6) is 2.93. The molecule has 0 saturated carbocycles. The molecule has 1 fully saturated rings. The number of rotatable bonds is 3. The van der Waals surface area contributed by atoms with Gasteiger partial charge in [0.05, 0.1) is 0 Å². The summed E-state index contributed by atoms with van der Waals surface area (Å²) >= 11 is 11.2. The van der Waals surface area contributed by atoms with Gasteiger partial charge in [0.15, 0.2) is 0 Å². The first-order chi connectivity index (χ1) is 8.15. The summed E-state index contributed by atoms with van der Waals surface area (Å²) in [6, 6.07) is 5.24. The number of hydrogen-bond donors (Lipinski definition) is 1. The van der Waals surface area contributed by atoms with E-state index in [2.05, 4.69) is 21.2 Å². The zero-order chi connectivity index (χ0) is 12.3. The second-order valence-electron chi connectivity index (χ2n) is 4.10. The fourth-order valence-corrected chi connectivity index (χ4v) is 3.91. The molecule has 0 spiro atoms. The molecule has 0 bridgehead atoms. The highest BCUT2D eigenvalue weighted by Gasteiger charge is 2.16. The van der Waals surface area contributed by atoms with Gasteiger partial charge < -0.3 is 5.32 Å². The van der Waals surface area contributed by atoms with Gasteiger partial charge in [-0.25, -0.2) is 0 Å². The molecule has 1 amide bonds. The number of carbonyl (C=O) groups excluding carboxylic acids is 1. The van der Waals surface area contributed by atoms with Gasteiger partial charge in [0.2, 0.25) is 0 Å². The summed E-state index contributed by atoms with van der Waals surface area (Å²) in [7, 11) is 0. The molecule has 1 aromatic rings. The van der Waals surface area contributed by atoms with Crippen LogP contribution in [0.1, 0.15) is 16.8 Å². The maximum atomic E-state index is 11.9. The van der Waals surface area contributed by atoms with Crippen LogP contribution in [-0.4, -0.2) is 24.0 Å². The summed E-state index contributed by atoms with van der Waals surface area (Å²) in [5.41, 5.74) is 0.607. The summed E-state index contributed by atoms with van der Waals surface area (Å²) in [6.45, 7) is 0.760. The topological polar surface area (TPSA) is 29.1 Å². The summed E-state index contributed by atoms with van der Waals surface area (Å²) in [5, 5.41) is 3.53. The van der Waals surface area contributed by atoms with Gasteiger partial charge in [-0.15, -0.1) is 0 Å². The molecule has 1 aliphatic rings. The van der Waals surface area contributed by atoms with Crippen molar-refractivity contribution in [2.45, 2.75) is 6.42 Å². The Kier molecular flexibility index (Phi) is 4.77. The van der Waals surface area contributed by atoms with E-state index >= 15 is 0 Å². The molecule has 2 nitrogen and oxygen atoms in total. The third-order valence-corrected chi connectivity index (χ3v) is 4.61. The lowest BCUT2D eigenvalue weighted by molar-refractivity contribution is 0.0948. The van der Waals surface area contributed by atoms with E-state index in [-0.39, 0.29) is 5.91 Å². The molecular formula is C12H13BrClNOS. The number of carbonyl (C=O) groups is 1. The molecule has 1 aliphatic heterocycles. The zero-order valence-corrected chi connectivity index (χ0v) is 12.4. The molecule has 1 aromatic carbocycles. The SMILES string of the molecule is O=C(NCC1CCSC1)c1cc(Cl)cc(Br)c1. The second kappa shape index (κ2) is 6.12. The van der Waals surface area contributed by atoms with E-state index in [0.29, 0.717) is 16.5 Å². The summed E-state index contributed by atoms with van der Waals surface area (Å²) < 4.78 is 0.826. The van der Waals surface area contributed by atoms with Crippen LogP contribution < -0.4 is 5.32 Å². The van der Waals surface area contributed by atoms with Crippen molar-refractivity contribution in [3.63, 3.8) is 0 Å². The maximum Gasteiger partial charge on any atom is 0.251 e. The Morgan fingerprint density at radius 1 is 1.53 bits per heavy atom. The molecule has 1 N–H and O–H groups in total. The Bertz CT molecular complexity index is 401. The minimum absolute atomic E-state index is 0.0508. The number of amides is 1. The van der Waals surface area contributed by atoms with Crippen LogP contribution in [-0.2, 0) is 0 Å². The molecule has 1 saturated heterocycles. The Morgan fingerprint density at radius 3 is 3.00 bits per heavy atom. The van der Waals surface area contributed by atoms with Crippen molar-refractivity contribution in [3.05, 3.63) is 33.3 Å². The lowest BCUT2D eigenvalue weighted by Crippen LogP contribution is -2.29. The van der Waals surface area contributed by atoms with Crippen LogP contribution in [0.3, 0.4) is 0 Å². The lowest BCUT2D eigenvalue weighted by atomic mass is 10.1. The van der Waals surface area contributed by atoms with E-state index in [1.54, 1.807) is 18.2 Å². The molecule has 2 rings (SSSR count). The quantitative estimate of drug-likeness (QED) is 0.915. The Labute approximate surface area is 119 Å². The molecule has 1 unspecified atom stereocenters. The average molecular weight is 335 g/mol. The van der Waals surface area contributed by atoms with E-state index in [0.717, 1.165) is 16.8 Å². The van der Waals surface area contributed by atoms with Crippen LogP contribution in [0.4, 0.5) is 0 Å². The van der Waals surface area contributed by atoms with Gasteiger partial charge in [-0.2, -0.15) is 11.8 Å². The molecule has 17 heavy (non-hydrogen) atoms. The van der Waals surface area contributed by atoms with Crippen molar-refractivity contribution in [2.24, 2.45) is 5.92 Å². The Hall–Kier alpha value is -0.190. The van der Waals surface area contributed by atoms with E-state index in [1.165, 1.54) is 12.2 Å². The maximum absolute atomic E-state index is 11.9. The molecule has 92 valence electrons. The molecule has 1 atom stereocenters. The first-order valence-corrected chi connectivity index (χ1v) is 7.80. The van der Waals surface area contributed by atoms with Gasteiger partial charge >= 0.3 is 0 Å². The highest BCUT2D eigenvalue weighted by molar-refractivity contribution is 9.10. The van der Waals surface area contributed by atoms with E-state index in [1.807, 2.05) is 11.8 Å². The summed E-state index contributed by atoms with van der Waals surface area (Å²) in [4.78, 5) is 11.9. The highest BCUT2D eigenvalue weighted by atomic mass is 79.9. The van der Waals surface area contributed by atoms with Gasteiger partial charge in [-0.05, 0) is 42.0 Å². The van der Waals surface area contributed by atoms with E-state index in [4.69, 9.17) is 11.6 Å². The third kappa shape index (κ3) is 3.90. The predicted octanol–water partition coefficient (Wildman–Crippen LogP) is 3.59. The number of thioether (sulfide) groups is 1.